The average molecular weight is 318 g/mol. The number of benzene rings is 1. The molecule has 1 N–H and O–H groups in total. The summed E-state index contributed by atoms with van der Waals surface area (Å²) in [6.45, 7) is 0. The molecule has 0 aliphatic rings. The summed E-state index contributed by atoms with van der Waals surface area (Å²) in [6, 6.07) is 7.10. The Kier molecular flexibility index (Phi) is 4.07. The van der Waals surface area contributed by atoms with E-state index in [4.69, 9.17) is 11.6 Å². The van der Waals surface area contributed by atoms with Crippen LogP contribution in [-0.2, 0) is 17.1 Å². The molecule has 0 aliphatic heterocycles. The summed E-state index contributed by atoms with van der Waals surface area (Å²) in [5, 5.41) is -0.0975. The molecule has 2 aromatic rings. The van der Waals surface area contributed by atoms with Crippen LogP contribution in [0.15, 0.2) is 40.5 Å². The molecule has 0 saturated heterocycles. The number of rotatable bonds is 4. The third-order valence-electron chi connectivity index (χ3n) is 2.41. The third kappa shape index (κ3) is 3.05. The van der Waals surface area contributed by atoms with Gasteiger partial charge < -0.3 is 4.57 Å². The number of nitrogens with one attached hydrogen (secondary N) is 1. The smallest absolute Gasteiger partial charge is 0.282 e. The summed E-state index contributed by atoms with van der Waals surface area (Å²) in [6.07, 6.45) is 3.28. The Morgan fingerprint density at radius 3 is 2.74 bits per heavy atom. The molecule has 0 bridgehead atoms. The van der Waals surface area contributed by atoms with E-state index in [0.717, 1.165) is 4.90 Å². The number of halogens is 1. The van der Waals surface area contributed by atoms with Gasteiger partial charge in [-0.25, -0.2) is 4.98 Å². The van der Waals surface area contributed by atoms with Crippen LogP contribution in [0, 0.1) is 0 Å². The van der Waals surface area contributed by atoms with E-state index in [1.807, 2.05) is 12.3 Å². The molecule has 0 aliphatic carbocycles. The number of hydrogen-bond donors (Lipinski definition) is 1. The molecular weight excluding hydrogens is 306 g/mol. The van der Waals surface area contributed by atoms with Crippen molar-refractivity contribution in [3.05, 3.63) is 35.7 Å². The minimum atomic E-state index is -3.77. The minimum Gasteiger partial charge on any atom is -0.324 e. The number of imidazole rings is 1. The van der Waals surface area contributed by atoms with Crippen LogP contribution in [0.3, 0.4) is 0 Å². The Morgan fingerprint density at radius 1 is 1.42 bits per heavy atom. The lowest BCUT2D eigenvalue weighted by Gasteiger charge is -2.07. The molecule has 0 fully saturated rings. The van der Waals surface area contributed by atoms with Gasteiger partial charge in [0.2, 0.25) is 5.03 Å². The second kappa shape index (κ2) is 5.44. The van der Waals surface area contributed by atoms with E-state index < -0.39 is 10.0 Å². The molecule has 5 nitrogen and oxygen atoms in total. The molecule has 0 amide bonds. The summed E-state index contributed by atoms with van der Waals surface area (Å²) < 4.78 is 28.2. The number of hydrogen-bond acceptors (Lipinski definition) is 4. The van der Waals surface area contributed by atoms with Crippen LogP contribution < -0.4 is 4.72 Å². The number of thioether (sulfide) groups is 1. The van der Waals surface area contributed by atoms with Gasteiger partial charge in [-0.3, -0.25) is 4.72 Å². The zero-order chi connectivity index (χ0) is 14.0. The van der Waals surface area contributed by atoms with Crippen molar-refractivity contribution in [3.8, 4) is 0 Å². The predicted octanol–water partition coefficient (Wildman–Crippen LogP) is 2.60. The molecule has 0 atom stereocenters. The van der Waals surface area contributed by atoms with Crippen LogP contribution in [-0.4, -0.2) is 24.2 Å². The molecule has 0 unspecified atom stereocenters. The third-order valence-corrected chi connectivity index (χ3v) is 5.01. The fourth-order valence-corrected chi connectivity index (χ4v) is 3.41. The largest absolute Gasteiger partial charge is 0.324 e. The summed E-state index contributed by atoms with van der Waals surface area (Å²) in [7, 11) is -2.14. The van der Waals surface area contributed by atoms with Gasteiger partial charge in [-0.2, -0.15) is 8.42 Å². The van der Waals surface area contributed by atoms with Crippen molar-refractivity contribution in [1.82, 2.24) is 9.55 Å². The molecule has 19 heavy (non-hydrogen) atoms. The van der Waals surface area contributed by atoms with Crippen molar-refractivity contribution >= 4 is 39.1 Å². The van der Waals surface area contributed by atoms with Crippen LogP contribution >= 0.6 is 23.4 Å². The number of sulfonamides is 1. The van der Waals surface area contributed by atoms with Crippen molar-refractivity contribution in [3.63, 3.8) is 0 Å². The fourth-order valence-electron chi connectivity index (χ4n) is 1.46. The first-order valence-electron chi connectivity index (χ1n) is 5.28. The van der Waals surface area contributed by atoms with Crippen LogP contribution in [0.4, 0.5) is 5.69 Å². The molecule has 8 heteroatoms. The topological polar surface area (TPSA) is 64.0 Å². The van der Waals surface area contributed by atoms with E-state index in [-0.39, 0.29) is 10.2 Å². The van der Waals surface area contributed by atoms with Crippen LogP contribution in [0.2, 0.25) is 5.15 Å². The zero-order valence-electron chi connectivity index (χ0n) is 10.3. The van der Waals surface area contributed by atoms with Crippen molar-refractivity contribution in [1.29, 1.82) is 0 Å². The summed E-state index contributed by atoms with van der Waals surface area (Å²) in [4.78, 5) is 4.77. The van der Waals surface area contributed by atoms with Crippen LogP contribution in [0.1, 0.15) is 0 Å². The number of aromatic nitrogens is 2. The van der Waals surface area contributed by atoms with Gasteiger partial charge in [-0.05, 0) is 24.5 Å². The maximum absolute atomic E-state index is 12.2. The maximum Gasteiger partial charge on any atom is 0.282 e. The number of aryl methyl sites for hydroxylation is 1. The Morgan fingerprint density at radius 2 is 2.16 bits per heavy atom. The van der Waals surface area contributed by atoms with Crippen molar-refractivity contribution in [2.75, 3.05) is 11.0 Å². The van der Waals surface area contributed by atoms with Gasteiger partial charge in [0.1, 0.15) is 5.15 Å². The SMILES string of the molecule is CSc1cccc(NS(=O)(=O)c2ncn(C)c2Cl)c1. The molecule has 1 aromatic carbocycles. The average Bonchev–Trinajstić information content (AvgIpc) is 2.70. The van der Waals surface area contributed by atoms with E-state index in [0.29, 0.717) is 5.69 Å². The standard InChI is InChI=1S/C11H12ClN3O2S2/c1-15-7-13-11(10(15)12)19(16,17)14-8-4-3-5-9(6-8)18-2/h3-7,14H,1-2H3. The van der Waals surface area contributed by atoms with Gasteiger partial charge in [0.15, 0.2) is 0 Å². The zero-order valence-corrected chi connectivity index (χ0v) is 12.7. The van der Waals surface area contributed by atoms with Gasteiger partial charge in [-0.1, -0.05) is 17.7 Å². The molecule has 2 rings (SSSR count). The molecule has 102 valence electrons. The molecule has 1 aromatic heterocycles. The highest BCUT2D eigenvalue weighted by Gasteiger charge is 2.22. The Balaban J connectivity index is 2.33. The Labute approximate surface area is 121 Å². The second-order valence-corrected chi connectivity index (χ2v) is 6.62. The minimum absolute atomic E-state index is 0.0773. The Hall–Kier alpha value is -1.18. The highest BCUT2D eigenvalue weighted by Crippen LogP contribution is 2.24. The second-order valence-electron chi connectivity index (χ2n) is 3.79. The Bertz CT molecular complexity index is 698. The lowest BCUT2D eigenvalue weighted by atomic mass is 10.3. The summed E-state index contributed by atoms with van der Waals surface area (Å²) in [5.41, 5.74) is 0.480. The normalized spacial score (nSPS) is 11.5. The highest BCUT2D eigenvalue weighted by atomic mass is 35.5. The predicted molar refractivity (Wildman–Crippen MR) is 77.2 cm³/mol. The first-order valence-corrected chi connectivity index (χ1v) is 8.36. The van der Waals surface area contributed by atoms with Gasteiger partial charge >= 0.3 is 0 Å². The van der Waals surface area contributed by atoms with Crippen LogP contribution in [0.5, 0.6) is 0 Å². The lowest BCUT2D eigenvalue weighted by molar-refractivity contribution is 0.598. The molecule has 0 radical (unpaired) electrons. The van der Waals surface area contributed by atoms with E-state index in [2.05, 4.69) is 9.71 Å². The van der Waals surface area contributed by atoms with E-state index in [9.17, 15) is 8.42 Å². The van der Waals surface area contributed by atoms with Gasteiger partial charge in [-0.15, -0.1) is 11.8 Å². The van der Waals surface area contributed by atoms with E-state index in [1.165, 1.54) is 22.7 Å². The molecule has 1 heterocycles. The lowest BCUT2D eigenvalue weighted by Crippen LogP contribution is -2.14. The molecule has 0 saturated carbocycles. The molecular formula is C11H12ClN3O2S2. The van der Waals surface area contributed by atoms with Gasteiger partial charge in [0.05, 0.1) is 6.33 Å². The quantitative estimate of drug-likeness (QED) is 0.880. The van der Waals surface area contributed by atoms with Crippen molar-refractivity contribution in [2.24, 2.45) is 7.05 Å². The van der Waals surface area contributed by atoms with Gasteiger partial charge in [0, 0.05) is 17.6 Å². The van der Waals surface area contributed by atoms with E-state index >= 15 is 0 Å². The number of anilines is 1. The first-order chi connectivity index (χ1) is 8.94. The van der Waals surface area contributed by atoms with Crippen molar-refractivity contribution in [2.45, 2.75) is 9.92 Å². The summed E-state index contributed by atoms with van der Waals surface area (Å²) >= 11 is 7.43. The first kappa shape index (κ1) is 14.2. The maximum atomic E-state index is 12.2. The monoisotopic (exact) mass is 317 g/mol. The highest BCUT2D eigenvalue weighted by molar-refractivity contribution is 7.98. The van der Waals surface area contributed by atoms with Crippen LogP contribution in [0.25, 0.3) is 0 Å². The van der Waals surface area contributed by atoms with Gasteiger partial charge in [0.25, 0.3) is 10.0 Å². The fraction of sp³-hybridized carbons (Fsp3) is 0.182. The van der Waals surface area contributed by atoms with E-state index in [1.54, 1.807) is 25.2 Å². The number of nitrogens with zero attached hydrogens (tertiary/aromatic N) is 2. The summed E-state index contributed by atoms with van der Waals surface area (Å²) in [5.74, 6) is 0. The molecule has 0 spiro atoms. The van der Waals surface area contributed by atoms with Crippen molar-refractivity contribution < 1.29 is 8.42 Å².